The van der Waals surface area contributed by atoms with E-state index in [0.717, 1.165) is 0 Å². The van der Waals surface area contributed by atoms with Crippen LogP contribution in [0.2, 0.25) is 10.0 Å². The highest BCUT2D eigenvalue weighted by Gasteiger charge is 2.23. The lowest BCUT2D eigenvalue weighted by Crippen LogP contribution is -2.15. The van der Waals surface area contributed by atoms with Crippen LogP contribution >= 0.6 is 23.2 Å². The number of hydrogen-bond acceptors (Lipinski definition) is 7. The SMILES string of the molecule is CC(C)n1nc(-c2ccc(CC(=O)Nc3cc(-c4ccc(Cl)cc4Cl)no3)cn2)c(C(N)=O)c1N. The number of nitrogens with two attached hydrogens (primary N) is 2. The third-order valence-electron chi connectivity index (χ3n) is 5.09. The number of carbonyl (C=O) groups excluding carboxylic acids is 2. The lowest BCUT2D eigenvalue weighted by molar-refractivity contribution is -0.115. The molecule has 4 rings (SSSR count). The summed E-state index contributed by atoms with van der Waals surface area (Å²) in [6.45, 7) is 3.77. The zero-order valence-corrected chi connectivity index (χ0v) is 20.3. The maximum atomic E-state index is 12.5. The summed E-state index contributed by atoms with van der Waals surface area (Å²) in [5.74, 6) is -0.683. The summed E-state index contributed by atoms with van der Waals surface area (Å²) in [6, 6.07) is 9.83. The summed E-state index contributed by atoms with van der Waals surface area (Å²) < 4.78 is 6.72. The van der Waals surface area contributed by atoms with Crippen LogP contribution in [0.1, 0.15) is 35.8 Å². The molecule has 0 fully saturated rings. The predicted octanol–water partition coefficient (Wildman–Crippen LogP) is 4.35. The largest absolute Gasteiger partial charge is 0.383 e. The Balaban J connectivity index is 1.46. The van der Waals surface area contributed by atoms with Gasteiger partial charge in [-0.25, -0.2) is 4.68 Å². The number of amides is 2. The number of nitrogens with one attached hydrogen (secondary N) is 1. The fraction of sp³-hybridized carbons (Fsp3) is 0.174. The van der Waals surface area contributed by atoms with E-state index >= 15 is 0 Å². The van der Waals surface area contributed by atoms with Crippen molar-refractivity contribution in [2.45, 2.75) is 26.3 Å². The van der Waals surface area contributed by atoms with E-state index in [1.807, 2.05) is 13.8 Å². The zero-order valence-electron chi connectivity index (χ0n) is 18.8. The molecule has 2 amide bonds. The summed E-state index contributed by atoms with van der Waals surface area (Å²) in [7, 11) is 0. The number of nitrogens with zero attached hydrogens (tertiary/aromatic N) is 4. The van der Waals surface area contributed by atoms with Gasteiger partial charge in [0, 0.05) is 28.9 Å². The monoisotopic (exact) mass is 513 g/mol. The van der Waals surface area contributed by atoms with E-state index in [-0.39, 0.29) is 41.3 Å². The van der Waals surface area contributed by atoms with Crippen molar-refractivity contribution in [2.24, 2.45) is 5.73 Å². The summed E-state index contributed by atoms with van der Waals surface area (Å²) in [4.78, 5) is 28.8. The Kier molecular flexibility index (Phi) is 6.77. The van der Waals surface area contributed by atoms with Gasteiger partial charge in [-0.1, -0.05) is 34.4 Å². The van der Waals surface area contributed by atoms with Gasteiger partial charge in [-0.15, -0.1) is 0 Å². The van der Waals surface area contributed by atoms with Gasteiger partial charge in [0.15, 0.2) is 0 Å². The molecule has 5 N–H and O–H groups in total. The van der Waals surface area contributed by atoms with Crippen molar-refractivity contribution in [3.8, 4) is 22.6 Å². The molecule has 0 unspecified atom stereocenters. The smallest absolute Gasteiger partial charge is 0.254 e. The molecular weight excluding hydrogens is 493 g/mol. The lowest BCUT2D eigenvalue weighted by Gasteiger charge is -2.06. The molecule has 12 heteroatoms. The van der Waals surface area contributed by atoms with Gasteiger partial charge in [0.25, 0.3) is 5.91 Å². The van der Waals surface area contributed by atoms with Crippen LogP contribution in [-0.2, 0) is 11.2 Å². The third kappa shape index (κ3) is 5.13. The second-order valence-electron chi connectivity index (χ2n) is 7.99. The number of pyridine rings is 1. The first-order valence-corrected chi connectivity index (χ1v) is 11.2. The van der Waals surface area contributed by atoms with Crippen molar-refractivity contribution in [1.82, 2.24) is 19.9 Å². The van der Waals surface area contributed by atoms with Gasteiger partial charge in [0.05, 0.1) is 17.1 Å². The van der Waals surface area contributed by atoms with Crippen LogP contribution in [0.3, 0.4) is 0 Å². The quantitative estimate of drug-likeness (QED) is 0.331. The van der Waals surface area contributed by atoms with Crippen LogP contribution in [0.15, 0.2) is 47.1 Å². The second kappa shape index (κ2) is 9.77. The molecule has 0 radical (unpaired) electrons. The number of benzene rings is 1. The van der Waals surface area contributed by atoms with E-state index in [9.17, 15) is 9.59 Å². The van der Waals surface area contributed by atoms with Gasteiger partial charge in [-0.05, 0) is 43.7 Å². The molecule has 0 bridgehead atoms. The summed E-state index contributed by atoms with van der Waals surface area (Å²) >= 11 is 12.1. The molecule has 0 spiro atoms. The van der Waals surface area contributed by atoms with Crippen molar-refractivity contribution >= 4 is 46.7 Å². The Bertz CT molecular complexity index is 1410. The first kappa shape index (κ1) is 24.2. The van der Waals surface area contributed by atoms with Crippen LogP contribution in [0.25, 0.3) is 22.6 Å². The van der Waals surface area contributed by atoms with Gasteiger partial charge in [-0.2, -0.15) is 5.10 Å². The Labute approximate surface area is 210 Å². The fourth-order valence-corrected chi connectivity index (χ4v) is 3.96. The predicted molar refractivity (Wildman–Crippen MR) is 133 cm³/mol. The number of hydrogen-bond donors (Lipinski definition) is 3. The lowest BCUT2D eigenvalue weighted by atomic mass is 10.1. The standard InChI is InChI=1S/C23H21Cl2N7O3/c1-11(2)32-22(26)20(23(27)34)21(30-32)16-6-3-12(10-28-16)7-18(33)29-19-9-17(31-35-19)14-5-4-13(24)8-15(14)25/h3-6,8-11H,7,26H2,1-2H3,(H2,27,34)(H,29,33). The fourth-order valence-electron chi connectivity index (χ4n) is 3.46. The molecule has 0 saturated carbocycles. The molecule has 3 aromatic heterocycles. The minimum absolute atomic E-state index is 0.0241. The van der Waals surface area contributed by atoms with Crippen LogP contribution in [-0.4, -0.2) is 31.7 Å². The van der Waals surface area contributed by atoms with Crippen LogP contribution in [0.4, 0.5) is 11.7 Å². The molecule has 180 valence electrons. The topological polar surface area (TPSA) is 155 Å². The summed E-state index contributed by atoms with van der Waals surface area (Å²) in [6.07, 6.45) is 1.54. The molecule has 4 aromatic rings. The molecular formula is C23H21Cl2N7O3. The van der Waals surface area contributed by atoms with Crippen LogP contribution in [0.5, 0.6) is 0 Å². The highest BCUT2D eigenvalue weighted by molar-refractivity contribution is 6.36. The Hall–Kier alpha value is -3.89. The zero-order chi connectivity index (χ0) is 25.3. The number of halogens is 2. The minimum Gasteiger partial charge on any atom is -0.383 e. The van der Waals surface area contributed by atoms with E-state index in [4.69, 9.17) is 39.2 Å². The highest BCUT2D eigenvalue weighted by Crippen LogP contribution is 2.31. The number of anilines is 2. The van der Waals surface area contributed by atoms with Crippen molar-refractivity contribution < 1.29 is 14.1 Å². The number of rotatable bonds is 7. The van der Waals surface area contributed by atoms with E-state index < -0.39 is 5.91 Å². The van der Waals surface area contributed by atoms with Crippen molar-refractivity contribution in [3.05, 3.63) is 63.8 Å². The molecule has 0 aliphatic rings. The van der Waals surface area contributed by atoms with Gasteiger partial charge in [-0.3, -0.25) is 19.9 Å². The molecule has 0 aliphatic heterocycles. The highest BCUT2D eigenvalue weighted by atomic mass is 35.5. The van der Waals surface area contributed by atoms with Gasteiger partial charge in [0.2, 0.25) is 11.8 Å². The second-order valence-corrected chi connectivity index (χ2v) is 8.83. The van der Waals surface area contributed by atoms with E-state index in [2.05, 4.69) is 20.6 Å². The van der Waals surface area contributed by atoms with Crippen LogP contribution < -0.4 is 16.8 Å². The molecule has 10 nitrogen and oxygen atoms in total. The summed E-state index contributed by atoms with van der Waals surface area (Å²) in [5.41, 5.74) is 14.1. The maximum absolute atomic E-state index is 12.5. The number of primary amides is 1. The molecule has 0 saturated heterocycles. The van der Waals surface area contributed by atoms with Gasteiger partial charge < -0.3 is 16.0 Å². The first-order chi connectivity index (χ1) is 16.6. The number of carbonyl (C=O) groups is 2. The Morgan fingerprint density at radius 1 is 1.14 bits per heavy atom. The maximum Gasteiger partial charge on any atom is 0.254 e. The van der Waals surface area contributed by atoms with Crippen molar-refractivity contribution in [2.75, 3.05) is 11.1 Å². The van der Waals surface area contributed by atoms with Crippen molar-refractivity contribution in [3.63, 3.8) is 0 Å². The molecule has 0 aliphatic carbocycles. The van der Waals surface area contributed by atoms with E-state index in [1.54, 1.807) is 36.4 Å². The molecule has 0 atom stereocenters. The third-order valence-corrected chi connectivity index (χ3v) is 5.64. The Morgan fingerprint density at radius 3 is 2.54 bits per heavy atom. The van der Waals surface area contributed by atoms with Crippen molar-refractivity contribution in [1.29, 1.82) is 0 Å². The minimum atomic E-state index is -0.694. The van der Waals surface area contributed by atoms with Gasteiger partial charge in [0.1, 0.15) is 22.8 Å². The number of nitrogen functional groups attached to an aromatic ring is 1. The average molecular weight is 514 g/mol. The van der Waals surface area contributed by atoms with Crippen LogP contribution in [0, 0.1) is 0 Å². The first-order valence-electron chi connectivity index (χ1n) is 10.5. The Morgan fingerprint density at radius 2 is 1.91 bits per heavy atom. The van der Waals surface area contributed by atoms with E-state index in [0.29, 0.717) is 32.6 Å². The number of aromatic nitrogens is 4. The van der Waals surface area contributed by atoms with E-state index in [1.165, 1.54) is 10.9 Å². The average Bonchev–Trinajstić information content (AvgIpc) is 3.38. The molecule has 3 heterocycles. The molecule has 35 heavy (non-hydrogen) atoms. The normalized spacial score (nSPS) is 11.1. The van der Waals surface area contributed by atoms with Gasteiger partial charge >= 0.3 is 0 Å². The summed E-state index contributed by atoms with van der Waals surface area (Å²) in [5, 5.41) is 11.9. The molecule has 1 aromatic carbocycles.